The van der Waals surface area contributed by atoms with Crippen molar-refractivity contribution >= 4 is 21.7 Å². The Morgan fingerprint density at radius 2 is 1.74 bits per heavy atom. The fourth-order valence-corrected chi connectivity index (χ4v) is 3.23. The van der Waals surface area contributed by atoms with Crippen LogP contribution in [0.25, 0.3) is 0 Å². The van der Waals surface area contributed by atoms with Gasteiger partial charge in [-0.2, -0.15) is 0 Å². The van der Waals surface area contributed by atoms with Crippen LogP contribution in [0.5, 0.6) is 5.75 Å². The minimum Gasteiger partial charge on any atom is -0.492 e. The first-order valence-electron chi connectivity index (χ1n) is 6.91. The first-order chi connectivity index (χ1) is 11.0. The second-order valence-electron chi connectivity index (χ2n) is 4.52. The molecule has 0 aliphatic rings. The normalized spacial score (nSPS) is 10.9. The van der Waals surface area contributed by atoms with E-state index in [0.29, 0.717) is 6.61 Å². The van der Waals surface area contributed by atoms with Crippen molar-refractivity contribution in [2.75, 3.05) is 18.4 Å². The summed E-state index contributed by atoms with van der Waals surface area (Å²) in [7, 11) is -2.68. The Kier molecular flexibility index (Phi) is 5.23. The lowest BCUT2D eigenvalue weighted by atomic mass is 10.2. The highest BCUT2D eigenvalue weighted by Gasteiger charge is 2.22. The van der Waals surface area contributed by atoms with Gasteiger partial charge in [-0.3, -0.25) is 4.72 Å². The first-order valence-corrected chi connectivity index (χ1v) is 8.40. The number of nitrogens with one attached hydrogen (secondary N) is 1. The molecule has 0 saturated carbocycles. The van der Waals surface area contributed by atoms with E-state index >= 15 is 0 Å². The maximum Gasteiger partial charge on any atom is 0.339 e. The number of rotatable bonds is 6. The largest absolute Gasteiger partial charge is 0.492 e. The number of methoxy groups -OCH3 is 1. The van der Waals surface area contributed by atoms with Crippen molar-refractivity contribution in [1.82, 2.24) is 0 Å². The third-order valence-electron chi connectivity index (χ3n) is 3.02. The summed E-state index contributed by atoms with van der Waals surface area (Å²) in [6, 6.07) is 12.5. The Hall–Kier alpha value is -2.54. The molecule has 2 aromatic rings. The van der Waals surface area contributed by atoms with Crippen LogP contribution in [0.2, 0.25) is 0 Å². The summed E-state index contributed by atoms with van der Waals surface area (Å²) < 4.78 is 37.7. The molecule has 0 aliphatic heterocycles. The predicted octanol–water partition coefficient (Wildman–Crippen LogP) is 2.67. The van der Waals surface area contributed by atoms with Crippen LogP contribution >= 0.6 is 0 Å². The molecule has 7 heteroatoms. The molecule has 0 unspecified atom stereocenters. The molecule has 2 aromatic carbocycles. The van der Waals surface area contributed by atoms with Crippen molar-refractivity contribution in [3.63, 3.8) is 0 Å². The van der Waals surface area contributed by atoms with E-state index in [-0.39, 0.29) is 21.9 Å². The van der Waals surface area contributed by atoms with Crippen LogP contribution < -0.4 is 9.46 Å². The number of esters is 1. The molecule has 0 amide bonds. The summed E-state index contributed by atoms with van der Waals surface area (Å²) in [5.41, 5.74) is 0.276. The third-order valence-corrected chi connectivity index (χ3v) is 4.42. The van der Waals surface area contributed by atoms with Gasteiger partial charge >= 0.3 is 5.97 Å². The first kappa shape index (κ1) is 16.8. The lowest BCUT2D eigenvalue weighted by Gasteiger charge is -2.14. The smallest absolute Gasteiger partial charge is 0.339 e. The molecule has 2 rings (SSSR count). The number of carbonyl (C=O) groups excluding carboxylic acids is 1. The SMILES string of the molecule is CCOc1ccccc1S(=O)(=O)Nc1ccccc1C(=O)OC. The molecule has 1 N–H and O–H groups in total. The van der Waals surface area contributed by atoms with Gasteiger partial charge in [0.1, 0.15) is 10.6 Å². The van der Waals surface area contributed by atoms with Crippen molar-refractivity contribution in [1.29, 1.82) is 0 Å². The van der Waals surface area contributed by atoms with Gasteiger partial charge in [-0.05, 0) is 31.2 Å². The molecular weight excluding hydrogens is 318 g/mol. The lowest BCUT2D eigenvalue weighted by molar-refractivity contribution is 0.0602. The monoisotopic (exact) mass is 335 g/mol. The van der Waals surface area contributed by atoms with Gasteiger partial charge in [-0.1, -0.05) is 24.3 Å². The van der Waals surface area contributed by atoms with Crippen molar-refractivity contribution in [2.24, 2.45) is 0 Å². The Morgan fingerprint density at radius 3 is 2.43 bits per heavy atom. The number of benzene rings is 2. The summed E-state index contributed by atoms with van der Waals surface area (Å²) in [5.74, 6) is -0.376. The van der Waals surface area contributed by atoms with E-state index in [1.807, 2.05) is 0 Å². The summed E-state index contributed by atoms with van der Waals surface area (Å²) in [5, 5.41) is 0. The third kappa shape index (κ3) is 3.81. The van der Waals surface area contributed by atoms with Crippen molar-refractivity contribution in [2.45, 2.75) is 11.8 Å². The summed E-state index contributed by atoms with van der Waals surface area (Å²) in [6.07, 6.45) is 0. The van der Waals surface area contributed by atoms with Crippen molar-refractivity contribution in [3.05, 3.63) is 54.1 Å². The standard InChI is InChI=1S/C16H17NO5S/c1-3-22-14-10-6-7-11-15(14)23(19,20)17-13-9-5-4-8-12(13)16(18)21-2/h4-11,17H,3H2,1-2H3. The number of ether oxygens (including phenoxy) is 2. The Morgan fingerprint density at radius 1 is 1.09 bits per heavy atom. The van der Waals surface area contributed by atoms with Gasteiger partial charge in [0.15, 0.2) is 0 Å². The molecular formula is C16H17NO5S. The highest BCUT2D eigenvalue weighted by Crippen LogP contribution is 2.27. The summed E-state index contributed by atoms with van der Waals surface area (Å²) in [4.78, 5) is 11.7. The second-order valence-corrected chi connectivity index (χ2v) is 6.17. The van der Waals surface area contributed by atoms with Gasteiger partial charge in [0, 0.05) is 0 Å². The van der Waals surface area contributed by atoms with Gasteiger partial charge in [-0.15, -0.1) is 0 Å². The molecule has 0 spiro atoms. The molecule has 0 heterocycles. The topological polar surface area (TPSA) is 81.7 Å². The van der Waals surface area contributed by atoms with Crippen LogP contribution in [0.15, 0.2) is 53.4 Å². The molecule has 122 valence electrons. The van der Waals surface area contributed by atoms with Gasteiger partial charge in [0.05, 0.1) is 25.0 Å². The van der Waals surface area contributed by atoms with E-state index < -0.39 is 16.0 Å². The number of anilines is 1. The number of hydrogen-bond donors (Lipinski definition) is 1. The van der Waals surface area contributed by atoms with E-state index in [9.17, 15) is 13.2 Å². The molecule has 23 heavy (non-hydrogen) atoms. The quantitative estimate of drug-likeness (QED) is 0.821. The van der Waals surface area contributed by atoms with Crippen LogP contribution in [0.1, 0.15) is 17.3 Å². The van der Waals surface area contributed by atoms with Crippen LogP contribution in [0.4, 0.5) is 5.69 Å². The zero-order valence-electron chi connectivity index (χ0n) is 12.8. The lowest BCUT2D eigenvalue weighted by Crippen LogP contribution is -2.17. The maximum absolute atomic E-state index is 12.6. The van der Waals surface area contributed by atoms with Crippen LogP contribution in [-0.4, -0.2) is 28.1 Å². The van der Waals surface area contributed by atoms with Gasteiger partial charge in [0.25, 0.3) is 10.0 Å². The Balaban J connectivity index is 2.42. The average molecular weight is 335 g/mol. The summed E-state index contributed by atoms with van der Waals surface area (Å²) in [6.45, 7) is 2.11. The molecule has 0 saturated heterocycles. The molecule has 0 atom stereocenters. The second kappa shape index (κ2) is 7.15. The Labute approximate surface area is 135 Å². The fraction of sp³-hybridized carbons (Fsp3) is 0.188. The van der Waals surface area contributed by atoms with Gasteiger partial charge in [0.2, 0.25) is 0 Å². The zero-order chi connectivity index (χ0) is 16.9. The molecule has 6 nitrogen and oxygen atoms in total. The highest BCUT2D eigenvalue weighted by molar-refractivity contribution is 7.92. The van der Waals surface area contributed by atoms with Gasteiger partial charge in [-0.25, -0.2) is 13.2 Å². The minimum absolute atomic E-state index is 0.00141. The van der Waals surface area contributed by atoms with Gasteiger partial charge < -0.3 is 9.47 Å². The minimum atomic E-state index is -3.91. The molecule has 0 aliphatic carbocycles. The van der Waals surface area contributed by atoms with Crippen molar-refractivity contribution in [3.8, 4) is 5.75 Å². The number of hydrogen-bond acceptors (Lipinski definition) is 5. The Bertz CT molecular complexity index is 802. The molecule has 0 fully saturated rings. The zero-order valence-corrected chi connectivity index (χ0v) is 13.6. The average Bonchev–Trinajstić information content (AvgIpc) is 2.55. The number of carbonyl (C=O) groups is 1. The highest BCUT2D eigenvalue weighted by atomic mass is 32.2. The van der Waals surface area contributed by atoms with E-state index in [1.54, 1.807) is 37.3 Å². The molecule has 0 bridgehead atoms. The number of sulfonamides is 1. The summed E-state index contributed by atoms with van der Waals surface area (Å²) >= 11 is 0. The van der Waals surface area contributed by atoms with Crippen molar-refractivity contribution < 1.29 is 22.7 Å². The van der Waals surface area contributed by atoms with Crippen LogP contribution in [-0.2, 0) is 14.8 Å². The van der Waals surface area contributed by atoms with Crippen LogP contribution in [0, 0.1) is 0 Å². The molecule has 0 radical (unpaired) electrons. The fourth-order valence-electron chi connectivity index (χ4n) is 2.01. The van der Waals surface area contributed by atoms with E-state index in [0.717, 1.165) is 0 Å². The van der Waals surface area contributed by atoms with E-state index in [1.165, 1.54) is 25.3 Å². The molecule has 0 aromatic heterocycles. The van der Waals surface area contributed by atoms with E-state index in [2.05, 4.69) is 9.46 Å². The van der Waals surface area contributed by atoms with E-state index in [4.69, 9.17) is 4.74 Å². The maximum atomic E-state index is 12.6. The number of para-hydroxylation sites is 2. The predicted molar refractivity (Wildman–Crippen MR) is 86.2 cm³/mol. The van der Waals surface area contributed by atoms with Crippen LogP contribution in [0.3, 0.4) is 0 Å².